The number of carbonyl (C=O) groups excluding carboxylic acids is 2. The van der Waals surface area contributed by atoms with Gasteiger partial charge >= 0.3 is 11.8 Å². The van der Waals surface area contributed by atoms with E-state index in [1.807, 2.05) is 60.7 Å². The maximum absolute atomic E-state index is 12.5. The van der Waals surface area contributed by atoms with E-state index in [4.69, 9.17) is 0 Å². The lowest BCUT2D eigenvalue weighted by molar-refractivity contribution is -0.163. The van der Waals surface area contributed by atoms with Crippen LogP contribution in [0, 0.1) is 0 Å². The summed E-state index contributed by atoms with van der Waals surface area (Å²) in [7, 11) is 0. The zero-order valence-corrected chi connectivity index (χ0v) is 13.1. The normalized spacial score (nSPS) is 20.5. The number of para-hydroxylation sites is 1. The monoisotopic (exact) mass is 322 g/mol. The fourth-order valence-electron chi connectivity index (χ4n) is 3.19. The Morgan fingerprint density at radius 3 is 2.17 bits per heavy atom. The molecule has 0 bridgehead atoms. The molecule has 1 atom stereocenters. The molecule has 2 fully saturated rings. The third-order valence-electron chi connectivity index (χ3n) is 4.40. The number of nitrogens with zero attached hydrogens (tertiary/aromatic N) is 3. The fourth-order valence-corrected chi connectivity index (χ4v) is 3.19. The van der Waals surface area contributed by atoms with E-state index in [0.717, 1.165) is 11.3 Å². The molecule has 122 valence electrons. The molecule has 0 aliphatic carbocycles. The van der Waals surface area contributed by atoms with Crippen molar-refractivity contribution in [2.24, 2.45) is 0 Å². The Morgan fingerprint density at radius 2 is 1.46 bits per heavy atom. The molecule has 2 saturated heterocycles. The van der Waals surface area contributed by atoms with Gasteiger partial charge < -0.3 is 4.90 Å². The van der Waals surface area contributed by atoms with Crippen LogP contribution >= 0.6 is 0 Å². The second kappa shape index (κ2) is 5.98. The van der Waals surface area contributed by atoms with Crippen LogP contribution in [-0.4, -0.2) is 41.1 Å². The van der Waals surface area contributed by atoms with Crippen molar-refractivity contribution in [3.05, 3.63) is 66.2 Å². The lowest BCUT2D eigenvalue weighted by Gasteiger charge is -2.40. The van der Waals surface area contributed by atoms with Crippen LogP contribution in [-0.2, 0) is 16.1 Å². The SMILES string of the molecule is O=C1C(=O)N2CCN(c3ccccc3)C2NN1Cc1ccccc1. The Bertz CT molecular complexity index is 750. The number of rotatable bonds is 3. The summed E-state index contributed by atoms with van der Waals surface area (Å²) in [5.74, 6) is -0.960. The molecular formula is C18H18N4O2. The van der Waals surface area contributed by atoms with Crippen LogP contribution in [0.5, 0.6) is 0 Å². The molecule has 0 saturated carbocycles. The molecule has 0 radical (unpaired) electrons. The van der Waals surface area contributed by atoms with Crippen molar-refractivity contribution >= 4 is 17.5 Å². The number of nitrogens with one attached hydrogen (secondary N) is 1. The second-order valence-electron chi connectivity index (χ2n) is 5.91. The van der Waals surface area contributed by atoms with Gasteiger partial charge in [-0.2, -0.15) is 5.43 Å². The molecule has 2 aromatic rings. The highest BCUT2D eigenvalue weighted by molar-refractivity contribution is 6.35. The molecule has 6 heteroatoms. The average molecular weight is 322 g/mol. The zero-order chi connectivity index (χ0) is 16.5. The Labute approximate surface area is 140 Å². The molecule has 6 nitrogen and oxygen atoms in total. The molecule has 0 aromatic heterocycles. The van der Waals surface area contributed by atoms with Gasteiger partial charge in [0.2, 0.25) is 0 Å². The van der Waals surface area contributed by atoms with Crippen LogP contribution in [0.15, 0.2) is 60.7 Å². The first-order chi connectivity index (χ1) is 11.7. The van der Waals surface area contributed by atoms with Crippen LogP contribution in [0.1, 0.15) is 5.56 Å². The molecule has 1 unspecified atom stereocenters. The number of hydrogen-bond acceptors (Lipinski definition) is 4. The molecule has 4 rings (SSSR count). The molecule has 0 spiro atoms. The lowest BCUT2D eigenvalue weighted by Crippen LogP contribution is -2.67. The second-order valence-corrected chi connectivity index (χ2v) is 5.91. The predicted molar refractivity (Wildman–Crippen MR) is 89.4 cm³/mol. The van der Waals surface area contributed by atoms with Crippen molar-refractivity contribution in [3.8, 4) is 0 Å². The van der Waals surface area contributed by atoms with E-state index in [0.29, 0.717) is 19.6 Å². The minimum absolute atomic E-state index is 0.332. The van der Waals surface area contributed by atoms with Gasteiger partial charge in [-0.1, -0.05) is 48.5 Å². The van der Waals surface area contributed by atoms with E-state index in [1.165, 1.54) is 5.01 Å². The maximum Gasteiger partial charge on any atom is 0.326 e. The molecule has 2 aliphatic rings. The van der Waals surface area contributed by atoms with Gasteiger partial charge in [0.1, 0.15) is 0 Å². The first kappa shape index (κ1) is 14.7. The number of benzene rings is 2. The van der Waals surface area contributed by atoms with E-state index < -0.39 is 11.8 Å². The van der Waals surface area contributed by atoms with Gasteiger partial charge in [0.25, 0.3) is 0 Å². The van der Waals surface area contributed by atoms with Crippen molar-refractivity contribution in [2.45, 2.75) is 12.8 Å². The smallest absolute Gasteiger partial charge is 0.326 e. The number of fused-ring (bicyclic) bond motifs is 1. The van der Waals surface area contributed by atoms with Crippen molar-refractivity contribution in [1.29, 1.82) is 0 Å². The fraction of sp³-hybridized carbons (Fsp3) is 0.222. The van der Waals surface area contributed by atoms with Gasteiger partial charge in [0, 0.05) is 18.8 Å². The number of anilines is 1. The summed E-state index contributed by atoms with van der Waals surface area (Å²) < 4.78 is 0. The summed E-state index contributed by atoms with van der Waals surface area (Å²) >= 11 is 0. The molecule has 24 heavy (non-hydrogen) atoms. The van der Waals surface area contributed by atoms with Crippen LogP contribution in [0.4, 0.5) is 5.69 Å². The largest absolute Gasteiger partial charge is 0.336 e. The zero-order valence-electron chi connectivity index (χ0n) is 13.1. The van der Waals surface area contributed by atoms with Gasteiger partial charge in [0.15, 0.2) is 6.29 Å². The number of carbonyl (C=O) groups is 2. The van der Waals surface area contributed by atoms with E-state index in [-0.39, 0.29) is 6.29 Å². The van der Waals surface area contributed by atoms with E-state index in [1.54, 1.807) is 4.90 Å². The van der Waals surface area contributed by atoms with Gasteiger partial charge in [-0.05, 0) is 17.7 Å². The topological polar surface area (TPSA) is 55.9 Å². The van der Waals surface area contributed by atoms with E-state index >= 15 is 0 Å². The Hall–Kier alpha value is -2.86. The molecular weight excluding hydrogens is 304 g/mol. The highest BCUT2D eigenvalue weighted by Crippen LogP contribution is 2.25. The quantitative estimate of drug-likeness (QED) is 0.862. The molecule has 2 aliphatic heterocycles. The maximum atomic E-state index is 12.5. The van der Waals surface area contributed by atoms with Gasteiger partial charge in [-0.25, -0.2) is 0 Å². The predicted octanol–water partition coefficient (Wildman–Crippen LogP) is 1.17. The Kier molecular flexibility index (Phi) is 3.66. The van der Waals surface area contributed by atoms with E-state index in [2.05, 4.69) is 10.3 Å². The van der Waals surface area contributed by atoms with Crippen molar-refractivity contribution in [2.75, 3.05) is 18.0 Å². The van der Waals surface area contributed by atoms with Gasteiger partial charge in [-0.3, -0.25) is 19.5 Å². The summed E-state index contributed by atoms with van der Waals surface area (Å²) in [6, 6.07) is 19.6. The first-order valence-electron chi connectivity index (χ1n) is 7.98. The van der Waals surface area contributed by atoms with Crippen LogP contribution in [0.2, 0.25) is 0 Å². The Balaban J connectivity index is 1.58. The summed E-state index contributed by atoms with van der Waals surface area (Å²) in [6.07, 6.45) is -0.332. The summed E-state index contributed by atoms with van der Waals surface area (Å²) in [6.45, 7) is 1.59. The highest BCUT2D eigenvalue weighted by Gasteiger charge is 2.45. The third-order valence-corrected chi connectivity index (χ3v) is 4.40. The van der Waals surface area contributed by atoms with Crippen LogP contribution in [0.25, 0.3) is 0 Å². The molecule has 2 amide bonds. The number of hydrazine groups is 1. The summed E-state index contributed by atoms with van der Waals surface area (Å²) in [4.78, 5) is 28.5. The van der Waals surface area contributed by atoms with Crippen LogP contribution < -0.4 is 10.3 Å². The van der Waals surface area contributed by atoms with Crippen LogP contribution in [0.3, 0.4) is 0 Å². The molecule has 2 aromatic carbocycles. The van der Waals surface area contributed by atoms with Crippen molar-refractivity contribution in [3.63, 3.8) is 0 Å². The van der Waals surface area contributed by atoms with Gasteiger partial charge in [-0.15, -0.1) is 0 Å². The average Bonchev–Trinajstić information content (AvgIpc) is 3.05. The summed E-state index contributed by atoms with van der Waals surface area (Å²) in [5.41, 5.74) is 5.21. The highest BCUT2D eigenvalue weighted by atomic mass is 16.2. The van der Waals surface area contributed by atoms with E-state index in [9.17, 15) is 9.59 Å². The lowest BCUT2D eigenvalue weighted by atomic mass is 10.2. The van der Waals surface area contributed by atoms with Gasteiger partial charge in [0.05, 0.1) is 6.54 Å². The van der Waals surface area contributed by atoms with Crippen molar-refractivity contribution in [1.82, 2.24) is 15.3 Å². The third kappa shape index (κ3) is 2.51. The number of amides is 2. The standard InChI is InChI=1S/C18H18N4O2/c23-16-17(24)22(13-14-7-3-1-4-8-14)19-18-20(11-12-21(16)18)15-9-5-2-6-10-15/h1-10,18-19H,11-13H2. The minimum atomic E-state index is -0.509. The Morgan fingerprint density at radius 1 is 0.833 bits per heavy atom. The minimum Gasteiger partial charge on any atom is -0.336 e. The first-order valence-corrected chi connectivity index (χ1v) is 7.98. The number of hydrogen-bond donors (Lipinski definition) is 1. The summed E-state index contributed by atoms with van der Waals surface area (Å²) in [5, 5.41) is 1.42. The molecule has 1 N–H and O–H groups in total. The molecule has 2 heterocycles. The van der Waals surface area contributed by atoms with Crippen molar-refractivity contribution < 1.29 is 9.59 Å².